The maximum absolute atomic E-state index is 14.3. The van der Waals surface area contributed by atoms with Gasteiger partial charge in [-0.15, -0.1) is 0 Å². The molecule has 1 atom stereocenters. The van der Waals surface area contributed by atoms with Crippen molar-refractivity contribution in [2.45, 2.75) is 32.9 Å². The van der Waals surface area contributed by atoms with E-state index in [0.717, 1.165) is 17.2 Å². The zero-order valence-electron chi connectivity index (χ0n) is 19.1. The molecule has 0 saturated heterocycles. The standard InChI is InChI=1S/C22H27FN4O6S/c1-4-12-24-22(29)16(2)25(14-17-8-5-6-11-20(17)23)21(28)15-26(34(3,32)33)18-9-7-10-19(13-18)27(30)31/h5-11,13,16H,4,12,14-15H2,1-3H3,(H,24,29)/t16-/m0/s1. The summed E-state index contributed by atoms with van der Waals surface area (Å²) in [5.74, 6) is -1.84. The summed E-state index contributed by atoms with van der Waals surface area (Å²) in [7, 11) is -4.04. The molecule has 0 radical (unpaired) electrons. The fraction of sp³-hybridized carbons (Fsp3) is 0.364. The van der Waals surface area contributed by atoms with Crippen molar-refractivity contribution in [3.63, 3.8) is 0 Å². The van der Waals surface area contributed by atoms with Crippen molar-refractivity contribution in [3.8, 4) is 0 Å². The number of benzene rings is 2. The summed E-state index contributed by atoms with van der Waals surface area (Å²) in [6.07, 6.45) is 1.52. The number of nitrogens with zero attached hydrogens (tertiary/aromatic N) is 3. The van der Waals surface area contributed by atoms with Gasteiger partial charge < -0.3 is 10.2 Å². The van der Waals surface area contributed by atoms with Gasteiger partial charge in [0.2, 0.25) is 21.8 Å². The summed E-state index contributed by atoms with van der Waals surface area (Å²) in [5.41, 5.74) is -0.291. The highest BCUT2D eigenvalue weighted by Gasteiger charge is 2.30. The average molecular weight is 495 g/mol. The highest BCUT2D eigenvalue weighted by atomic mass is 32.2. The number of hydrogen-bond donors (Lipinski definition) is 1. The molecule has 10 nitrogen and oxygen atoms in total. The quantitative estimate of drug-likeness (QED) is 0.377. The van der Waals surface area contributed by atoms with Crippen LogP contribution in [-0.2, 0) is 26.2 Å². The molecule has 1 N–H and O–H groups in total. The molecule has 0 unspecified atom stereocenters. The van der Waals surface area contributed by atoms with Crippen molar-refractivity contribution >= 4 is 33.2 Å². The second-order valence-corrected chi connectivity index (χ2v) is 9.53. The minimum atomic E-state index is -4.04. The summed E-state index contributed by atoms with van der Waals surface area (Å²) in [4.78, 5) is 37.4. The second kappa shape index (κ2) is 11.5. The van der Waals surface area contributed by atoms with Crippen LogP contribution >= 0.6 is 0 Å². The van der Waals surface area contributed by atoms with Crippen LogP contribution in [0.2, 0.25) is 0 Å². The molecule has 2 rings (SSSR count). The smallest absolute Gasteiger partial charge is 0.271 e. The lowest BCUT2D eigenvalue weighted by atomic mass is 10.1. The Labute approximate surface area is 197 Å². The molecule has 0 aliphatic rings. The molecular formula is C22H27FN4O6S. The van der Waals surface area contributed by atoms with Gasteiger partial charge in [0.15, 0.2) is 0 Å². The van der Waals surface area contributed by atoms with E-state index in [2.05, 4.69) is 5.32 Å². The largest absolute Gasteiger partial charge is 0.354 e. The minimum absolute atomic E-state index is 0.0843. The Balaban J connectivity index is 2.42. The summed E-state index contributed by atoms with van der Waals surface area (Å²) in [6.45, 7) is 2.67. The Morgan fingerprint density at radius 1 is 1.18 bits per heavy atom. The molecule has 34 heavy (non-hydrogen) atoms. The molecule has 0 bridgehead atoms. The number of carbonyl (C=O) groups is 2. The van der Waals surface area contributed by atoms with E-state index in [0.29, 0.717) is 17.3 Å². The number of rotatable bonds is 11. The van der Waals surface area contributed by atoms with Crippen molar-refractivity contribution < 1.29 is 27.3 Å². The van der Waals surface area contributed by atoms with Crippen LogP contribution in [0.1, 0.15) is 25.8 Å². The van der Waals surface area contributed by atoms with E-state index >= 15 is 0 Å². The van der Waals surface area contributed by atoms with E-state index in [1.807, 2.05) is 6.92 Å². The number of nitro benzene ring substituents is 1. The SMILES string of the molecule is CCCNC(=O)[C@H](C)N(Cc1ccccc1F)C(=O)CN(c1cccc([N+](=O)[O-])c1)S(C)(=O)=O. The van der Waals surface area contributed by atoms with Crippen molar-refractivity contribution in [2.24, 2.45) is 0 Å². The van der Waals surface area contributed by atoms with Gasteiger partial charge in [-0.25, -0.2) is 12.8 Å². The predicted molar refractivity (Wildman–Crippen MR) is 125 cm³/mol. The topological polar surface area (TPSA) is 130 Å². The Morgan fingerprint density at radius 2 is 1.85 bits per heavy atom. The van der Waals surface area contributed by atoms with E-state index in [1.165, 1.54) is 43.3 Å². The molecule has 0 aliphatic heterocycles. The van der Waals surface area contributed by atoms with E-state index < -0.39 is 45.2 Å². The number of anilines is 1. The number of amides is 2. The lowest BCUT2D eigenvalue weighted by Gasteiger charge is -2.31. The first-order chi connectivity index (χ1) is 16.0. The van der Waals surface area contributed by atoms with Crippen molar-refractivity contribution in [2.75, 3.05) is 23.7 Å². The van der Waals surface area contributed by atoms with Gasteiger partial charge in [0.25, 0.3) is 5.69 Å². The number of nitrogens with one attached hydrogen (secondary N) is 1. The van der Waals surface area contributed by atoms with E-state index in [4.69, 9.17) is 0 Å². The minimum Gasteiger partial charge on any atom is -0.354 e. The van der Waals surface area contributed by atoms with Gasteiger partial charge in [-0.1, -0.05) is 31.2 Å². The lowest BCUT2D eigenvalue weighted by molar-refractivity contribution is -0.384. The maximum Gasteiger partial charge on any atom is 0.271 e. The summed E-state index contributed by atoms with van der Waals surface area (Å²) >= 11 is 0. The van der Waals surface area contributed by atoms with E-state index in [-0.39, 0.29) is 23.5 Å². The van der Waals surface area contributed by atoms with Crippen LogP contribution in [0.4, 0.5) is 15.8 Å². The van der Waals surface area contributed by atoms with E-state index in [1.54, 1.807) is 6.07 Å². The Hall–Kier alpha value is -3.54. The van der Waals surface area contributed by atoms with Gasteiger partial charge in [0.05, 0.1) is 16.9 Å². The average Bonchev–Trinajstić information content (AvgIpc) is 2.79. The number of carbonyl (C=O) groups excluding carboxylic acids is 2. The molecule has 2 aromatic rings. The number of hydrogen-bond acceptors (Lipinski definition) is 6. The first kappa shape index (κ1) is 26.7. The highest BCUT2D eigenvalue weighted by Crippen LogP contribution is 2.24. The van der Waals surface area contributed by atoms with Gasteiger partial charge in [-0.05, 0) is 25.5 Å². The number of sulfonamides is 1. The van der Waals surface area contributed by atoms with Crippen molar-refractivity contribution in [1.29, 1.82) is 0 Å². The van der Waals surface area contributed by atoms with Crippen LogP contribution in [0, 0.1) is 15.9 Å². The third-order valence-corrected chi connectivity index (χ3v) is 6.16. The number of non-ortho nitro benzene ring substituents is 1. The molecule has 0 aromatic heterocycles. The third kappa shape index (κ3) is 6.98. The van der Waals surface area contributed by atoms with Crippen molar-refractivity contribution in [1.82, 2.24) is 10.2 Å². The second-order valence-electron chi connectivity index (χ2n) is 7.63. The summed E-state index contributed by atoms with van der Waals surface area (Å²) in [6, 6.07) is 9.54. The zero-order valence-corrected chi connectivity index (χ0v) is 19.9. The predicted octanol–water partition coefficient (Wildman–Crippen LogP) is 2.44. The lowest BCUT2D eigenvalue weighted by Crippen LogP contribution is -2.51. The van der Waals surface area contributed by atoms with Gasteiger partial charge in [0, 0.05) is 30.8 Å². The normalized spacial score (nSPS) is 12.0. The number of nitro groups is 1. The van der Waals surface area contributed by atoms with Crippen LogP contribution in [0.5, 0.6) is 0 Å². The van der Waals surface area contributed by atoms with Crippen LogP contribution < -0.4 is 9.62 Å². The molecular weight excluding hydrogens is 467 g/mol. The molecule has 2 amide bonds. The van der Waals surface area contributed by atoms with Crippen molar-refractivity contribution in [3.05, 3.63) is 70.0 Å². The Morgan fingerprint density at radius 3 is 2.44 bits per heavy atom. The fourth-order valence-corrected chi connectivity index (χ4v) is 4.01. The molecule has 0 fully saturated rings. The van der Waals surface area contributed by atoms with Crippen LogP contribution in [0.25, 0.3) is 0 Å². The van der Waals surface area contributed by atoms with Gasteiger partial charge in [-0.3, -0.25) is 24.0 Å². The Bertz CT molecular complexity index is 1160. The number of halogens is 1. The highest BCUT2D eigenvalue weighted by molar-refractivity contribution is 7.92. The van der Waals surface area contributed by atoms with Crippen LogP contribution in [-0.4, -0.2) is 55.4 Å². The summed E-state index contributed by atoms with van der Waals surface area (Å²) in [5, 5.41) is 13.8. The molecule has 184 valence electrons. The van der Waals surface area contributed by atoms with Gasteiger partial charge in [-0.2, -0.15) is 0 Å². The zero-order chi connectivity index (χ0) is 25.5. The third-order valence-electron chi connectivity index (χ3n) is 5.02. The molecule has 12 heteroatoms. The Kier molecular flexibility index (Phi) is 9.07. The summed E-state index contributed by atoms with van der Waals surface area (Å²) < 4.78 is 40.0. The van der Waals surface area contributed by atoms with Crippen LogP contribution in [0.15, 0.2) is 48.5 Å². The first-order valence-corrected chi connectivity index (χ1v) is 12.3. The van der Waals surface area contributed by atoms with Gasteiger partial charge >= 0.3 is 0 Å². The fourth-order valence-electron chi connectivity index (χ4n) is 3.16. The molecule has 0 saturated carbocycles. The first-order valence-electron chi connectivity index (χ1n) is 10.5. The molecule has 2 aromatic carbocycles. The maximum atomic E-state index is 14.3. The molecule has 0 heterocycles. The molecule has 0 aliphatic carbocycles. The van der Waals surface area contributed by atoms with Gasteiger partial charge in [0.1, 0.15) is 18.4 Å². The van der Waals surface area contributed by atoms with Crippen LogP contribution in [0.3, 0.4) is 0 Å². The van der Waals surface area contributed by atoms with E-state index in [9.17, 15) is 32.5 Å². The monoisotopic (exact) mass is 494 g/mol. The molecule has 0 spiro atoms.